The molecule has 1 N–H and O–H groups in total. The van der Waals surface area contributed by atoms with E-state index in [0.717, 1.165) is 10.9 Å². The van der Waals surface area contributed by atoms with E-state index in [0.29, 0.717) is 0 Å². The summed E-state index contributed by atoms with van der Waals surface area (Å²) in [5.74, 6) is -0.937. The molecule has 118 valence electrons. The molecule has 0 atom stereocenters. The summed E-state index contributed by atoms with van der Waals surface area (Å²) in [7, 11) is -0.742. The number of rotatable bonds is 5. The molecule has 0 aliphatic heterocycles. The van der Waals surface area contributed by atoms with Crippen LogP contribution in [0.3, 0.4) is 0 Å². The van der Waals surface area contributed by atoms with Gasteiger partial charge in [-0.05, 0) is 35.5 Å². The minimum absolute atomic E-state index is 0.742. The van der Waals surface area contributed by atoms with Crippen LogP contribution in [-0.2, 0) is 4.79 Å². The molecule has 0 saturated heterocycles. The highest BCUT2D eigenvalue weighted by molar-refractivity contribution is 7.80. The average molecular weight is 332 g/mol. The summed E-state index contributed by atoms with van der Waals surface area (Å²) in [4.78, 5) is 10.9. The van der Waals surface area contributed by atoms with Crippen LogP contribution < -0.4 is 15.9 Å². The molecule has 3 heteroatoms. The van der Waals surface area contributed by atoms with Gasteiger partial charge in [-0.15, -0.1) is 0 Å². The largest absolute Gasteiger partial charge is 0.478 e. The lowest BCUT2D eigenvalue weighted by molar-refractivity contribution is -0.131. The third kappa shape index (κ3) is 3.79. The Balaban J connectivity index is 2.16. The van der Waals surface area contributed by atoms with E-state index in [-0.39, 0.29) is 0 Å². The molecule has 3 rings (SSSR count). The van der Waals surface area contributed by atoms with Crippen LogP contribution >= 0.6 is 7.92 Å². The molecular formula is C21H17O2P. The highest BCUT2D eigenvalue weighted by Gasteiger charge is 2.18. The van der Waals surface area contributed by atoms with Crippen molar-refractivity contribution in [2.24, 2.45) is 0 Å². The van der Waals surface area contributed by atoms with E-state index < -0.39 is 13.9 Å². The van der Waals surface area contributed by atoms with E-state index in [1.54, 1.807) is 6.08 Å². The van der Waals surface area contributed by atoms with Crippen LogP contribution in [0.1, 0.15) is 5.56 Å². The molecule has 0 aliphatic carbocycles. The maximum atomic E-state index is 10.9. The first-order valence-electron chi connectivity index (χ1n) is 7.66. The van der Waals surface area contributed by atoms with Crippen molar-refractivity contribution in [2.45, 2.75) is 0 Å². The van der Waals surface area contributed by atoms with Crippen LogP contribution in [0, 0.1) is 0 Å². The summed E-state index contributed by atoms with van der Waals surface area (Å²) in [6.45, 7) is 0. The monoisotopic (exact) mass is 332 g/mol. The Kier molecular flexibility index (Phi) is 5.20. The predicted octanol–water partition coefficient (Wildman–Crippen LogP) is 3.54. The van der Waals surface area contributed by atoms with Crippen molar-refractivity contribution in [2.75, 3.05) is 0 Å². The summed E-state index contributed by atoms with van der Waals surface area (Å²) in [6.07, 6.45) is 2.88. The zero-order valence-corrected chi connectivity index (χ0v) is 13.9. The lowest BCUT2D eigenvalue weighted by atomic mass is 10.2. The summed E-state index contributed by atoms with van der Waals surface area (Å²) in [5, 5.41) is 12.6. The molecule has 0 fully saturated rings. The molecule has 0 unspecified atom stereocenters. The van der Waals surface area contributed by atoms with Crippen LogP contribution in [0.25, 0.3) is 6.08 Å². The first-order chi connectivity index (χ1) is 11.8. The molecule has 3 aromatic rings. The molecule has 3 aromatic carbocycles. The third-order valence-electron chi connectivity index (χ3n) is 3.61. The normalized spacial score (nSPS) is 11.0. The SMILES string of the molecule is O=C(O)/C=C/c1ccccc1P(c1ccccc1)c1ccccc1. The highest BCUT2D eigenvalue weighted by Crippen LogP contribution is 2.34. The number of hydrogen-bond acceptors (Lipinski definition) is 1. The minimum Gasteiger partial charge on any atom is -0.478 e. The van der Waals surface area contributed by atoms with Gasteiger partial charge in [-0.3, -0.25) is 0 Å². The van der Waals surface area contributed by atoms with Crippen LogP contribution in [0.5, 0.6) is 0 Å². The third-order valence-corrected chi connectivity index (χ3v) is 6.13. The van der Waals surface area contributed by atoms with Crippen molar-refractivity contribution >= 4 is 35.9 Å². The quantitative estimate of drug-likeness (QED) is 0.573. The highest BCUT2D eigenvalue weighted by atomic mass is 31.1. The van der Waals surface area contributed by atoms with Gasteiger partial charge in [-0.1, -0.05) is 84.9 Å². The molecule has 0 radical (unpaired) electrons. The van der Waals surface area contributed by atoms with E-state index in [1.165, 1.54) is 16.7 Å². The van der Waals surface area contributed by atoms with Gasteiger partial charge in [-0.25, -0.2) is 4.79 Å². The van der Waals surface area contributed by atoms with Gasteiger partial charge in [0, 0.05) is 6.08 Å². The Morgan fingerprint density at radius 1 is 0.750 bits per heavy atom. The van der Waals surface area contributed by atoms with Crippen molar-refractivity contribution in [1.29, 1.82) is 0 Å². The van der Waals surface area contributed by atoms with Crippen LogP contribution in [0.15, 0.2) is 91.0 Å². The number of carboxylic acids is 1. The molecule has 0 saturated carbocycles. The van der Waals surface area contributed by atoms with E-state index in [4.69, 9.17) is 5.11 Å². The number of carbonyl (C=O) groups is 1. The Hall–Kier alpha value is -2.70. The maximum absolute atomic E-state index is 10.9. The Morgan fingerprint density at radius 3 is 1.79 bits per heavy atom. The second-order valence-corrected chi connectivity index (χ2v) is 7.42. The molecule has 24 heavy (non-hydrogen) atoms. The van der Waals surface area contributed by atoms with E-state index in [9.17, 15) is 4.79 Å². The zero-order chi connectivity index (χ0) is 16.8. The second kappa shape index (κ2) is 7.72. The maximum Gasteiger partial charge on any atom is 0.328 e. The Bertz CT molecular complexity index is 802. The molecule has 0 amide bonds. The molecule has 0 spiro atoms. The number of carboxylic acid groups (broad SMARTS) is 1. The molecule has 2 nitrogen and oxygen atoms in total. The van der Waals surface area contributed by atoms with Gasteiger partial charge >= 0.3 is 5.97 Å². The smallest absolute Gasteiger partial charge is 0.328 e. The lowest BCUT2D eigenvalue weighted by Gasteiger charge is -2.21. The summed E-state index contributed by atoms with van der Waals surface area (Å²) < 4.78 is 0. The van der Waals surface area contributed by atoms with Gasteiger partial charge in [0.05, 0.1) is 0 Å². The van der Waals surface area contributed by atoms with Gasteiger partial charge in [-0.2, -0.15) is 0 Å². The van der Waals surface area contributed by atoms with E-state index in [1.807, 2.05) is 54.6 Å². The topological polar surface area (TPSA) is 37.3 Å². The summed E-state index contributed by atoms with van der Waals surface area (Å²) in [5.41, 5.74) is 0.943. The standard InChI is InChI=1S/C21H17O2P/c22-21(23)16-15-17-9-7-8-14-20(17)24(18-10-3-1-4-11-18)19-12-5-2-6-13-19/h1-16H,(H,22,23)/b16-15+. The average Bonchev–Trinajstić information content (AvgIpc) is 2.63. The van der Waals surface area contributed by atoms with Gasteiger partial charge in [0.15, 0.2) is 0 Å². The van der Waals surface area contributed by atoms with Crippen molar-refractivity contribution in [1.82, 2.24) is 0 Å². The van der Waals surface area contributed by atoms with Crippen molar-refractivity contribution in [3.8, 4) is 0 Å². The molecule has 0 aliphatic rings. The number of hydrogen-bond donors (Lipinski definition) is 1. The molecule has 0 aromatic heterocycles. The summed E-state index contributed by atoms with van der Waals surface area (Å²) in [6, 6.07) is 28.8. The Labute approximate surface area is 142 Å². The number of benzene rings is 3. The van der Waals surface area contributed by atoms with Crippen molar-refractivity contribution in [3.63, 3.8) is 0 Å². The Morgan fingerprint density at radius 2 is 1.25 bits per heavy atom. The first kappa shape index (κ1) is 16.2. The second-order valence-electron chi connectivity index (χ2n) is 5.24. The van der Waals surface area contributed by atoms with Crippen LogP contribution in [0.4, 0.5) is 0 Å². The van der Waals surface area contributed by atoms with Gasteiger partial charge in [0.25, 0.3) is 0 Å². The van der Waals surface area contributed by atoms with E-state index in [2.05, 4.69) is 30.3 Å². The van der Waals surface area contributed by atoms with Crippen molar-refractivity contribution in [3.05, 3.63) is 96.6 Å². The lowest BCUT2D eigenvalue weighted by Crippen LogP contribution is -2.22. The molecular weight excluding hydrogens is 315 g/mol. The fourth-order valence-electron chi connectivity index (χ4n) is 2.57. The molecule has 0 bridgehead atoms. The number of aliphatic carboxylic acids is 1. The van der Waals surface area contributed by atoms with Gasteiger partial charge in [0.1, 0.15) is 0 Å². The zero-order valence-electron chi connectivity index (χ0n) is 13.0. The fourth-order valence-corrected chi connectivity index (χ4v) is 5.01. The molecule has 0 heterocycles. The predicted molar refractivity (Wildman–Crippen MR) is 102 cm³/mol. The van der Waals surface area contributed by atoms with Gasteiger partial charge < -0.3 is 5.11 Å². The minimum atomic E-state index is -0.937. The fraction of sp³-hybridized carbons (Fsp3) is 0. The van der Waals surface area contributed by atoms with Crippen molar-refractivity contribution < 1.29 is 9.90 Å². The van der Waals surface area contributed by atoms with Gasteiger partial charge in [0.2, 0.25) is 0 Å². The van der Waals surface area contributed by atoms with Crippen LogP contribution in [-0.4, -0.2) is 11.1 Å². The first-order valence-corrected chi connectivity index (χ1v) is 9.00. The van der Waals surface area contributed by atoms with E-state index >= 15 is 0 Å². The summed E-state index contributed by atoms with van der Waals surface area (Å²) >= 11 is 0. The van der Waals surface area contributed by atoms with Crippen LogP contribution in [0.2, 0.25) is 0 Å².